The lowest BCUT2D eigenvalue weighted by molar-refractivity contribution is 0.586. The Balaban J connectivity index is 2.07. The van der Waals surface area contributed by atoms with E-state index in [1.807, 2.05) is 0 Å². The van der Waals surface area contributed by atoms with Gasteiger partial charge in [-0.15, -0.1) is 0 Å². The topological polar surface area (TPSA) is 55.1 Å². The summed E-state index contributed by atoms with van der Waals surface area (Å²) in [4.78, 5) is 7.82. The third-order valence-corrected chi connectivity index (χ3v) is 2.61. The molecule has 8 heteroatoms. The minimum atomic E-state index is -0.721. The normalized spacial score (nSPS) is 10.9. The molecule has 0 atom stereocenters. The molecule has 19 heavy (non-hydrogen) atoms. The van der Waals surface area contributed by atoms with E-state index in [4.69, 9.17) is 11.6 Å². The number of benzene rings is 1. The van der Waals surface area contributed by atoms with Crippen molar-refractivity contribution in [3.8, 4) is 0 Å². The van der Waals surface area contributed by atoms with Crippen LogP contribution in [0.5, 0.6) is 0 Å². The summed E-state index contributed by atoms with van der Waals surface area (Å²) in [6, 6.07) is 4.67. The lowest BCUT2D eigenvalue weighted by atomic mass is 10.3. The van der Waals surface area contributed by atoms with E-state index in [9.17, 15) is 8.78 Å². The maximum Gasteiger partial charge on any atom is 0.255 e. The van der Waals surface area contributed by atoms with Gasteiger partial charge in [0.1, 0.15) is 28.9 Å². The van der Waals surface area contributed by atoms with Crippen LogP contribution in [0.15, 0.2) is 30.6 Å². The molecule has 3 rings (SSSR count). The van der Waals surface area contributed by atoms with E-state index < -0.39 is 11.6 Å². The Kier molecular flexibility index (Phi) is 2.75. The van der Waals surface area contributed by atoms with Crippen molar-refractivity contribution in [3.63, 3.8) is 0 Å². The van der Waals surface area contributed by atoms with Crippen LogP contribution < -0.4 is 5.32 Å². The van der Waals surface area contributed by atoms with Crippen molar-refractivity contribution in [3.05, 3.63) is 47.4 Å². The van der Waals surface area contributed by atoms with Crippen molar-refractivity contribution >= 4 is 28.9 Å². The van der Waals surface area contributed by atoms with Crippen molar-refractivity contribution < 1.29 is 8.78 Å². The number of nitrogens with one attached hydrogen (secondary N) is 1. The first-order chi connectivity index (χ1) is 9.13. The zero-order valence-electron chi connectivity index (χ0n) is 9.31. The maximum absolute atomic E-state index is 13.6. The Bertz CT molecular complexity index is 758. The average Bonchev–Trinajstić information content (AvgIpc) is 2.80. The molecule has 1 N–H and O–H groups in total. The number of hydrogen-bond donors (Lipinski definition) is 1. The van der Waals surface area contributed by atoms with Crippen LogP contribution in [0.1, 0.15) is 0 Å². The monoisotopic (exact) mass is 281 g/mol. The quantitative estimate of drug-likeness (QED) is 0.734. The Morgan fingerprint density at radius 1 is 1.21 bits per heavy atom. The molecular weight excluding hydrogens is 276 g/mol. The van der Waals surface area contributed by atoms with E-state index >= 15 is 0 Å². The first-order valence-corrected chi connectivity index (χ1v) is 5.59. The Morgan fingerprint density at radius 3 is 2.84 bits per heavy atom. The molecule has 0 amide bonds. The summed E-state index contributed by atoms with van der Waals surface area (Å²) in [6.45, 7) is 0. The predicted molar refractivity (Wildman–Crippen MR) is 65.4 cm³/mol. The zero-order valence-corrected chi connectivity index (χ0v) is 10.1. The molecule has 0 spiro atoms. The number of halogens is 3. The summed E-state index contributed by atoms with van der Waals surface area (Å²) in [7, 11) is 0. The van der Waals surface area contributed by atoms with Crippen LogP contribution in [0.4, 0.5) is 20.3 Å². The molecule has 0 bridgehead atoms. The highest BCUT2D eigenvalue weighted by Crippen LogP contribution is 2.22. The molecule has 0 unspecified atom stereocenters. The summed E-state index contributed by atoms with van der Waals surface area (Å²) >= 11 is 5.83. The molecule has 0 aliphatic carbocycles. The molecular formula is C11H6ClF2N5. The molecule has 0 radical (unpaired) electrons. The van der Waals surface area contributed by atoms with Crippen LogP contribution in [0.25, 0.3) is 5.78 Å². The standard InChI is InChI=1S/C11H6ClF2N5/c12-9-4-10(19-11(18-9)15-5-16-19)17-8-2-1-6(13)3-7(8)14/h1-5,17H. The Labute approximate surface area is 110 Å². The second kappa shape index (κ2) is 4.43. The lowest BCUT2D eigenvalue weighted by Crippen LogP contribution is -2.03. The van der Waals surface area contributed by atoms with Crippen molar-refractivity contribution in [1.82, 2.24) is 19.6 Å². The van der Waals surface area contributed by atoms with E-state index in [2.05, 4.69) is 20.4 Å². The van der Waals surface area contributed by atoms with E-state index in [1.165, 1.54) is 23.0 Å². The molecule has 0 aliphatic heterocycles. The third-order valence-electron chi connectivity index (χ3n) is 2.41. The van der Waals surface area contributed by atoms with Crippen LogP contribution >= 0.6 is 11.6 Å². The maximum atomic E-state index is 13.6. The summed E-state index contributed by atoms with van der Waals surface area (Å²) in [6.07, 6.45) is 1.30. The van der Waals surface area contributed by atoms with E-state index in [0.717, 1.165) is 12.1 Å². The van der Waals surface area contributed by atoms with Crippen LogP contribution in [0.3, 0.4) is 0 Å². The van der Waals surface area contributed by atoms with Gasteiger partial charge < -0.3 is 5.32 Å². The number of hydrogen-bond acceptors (Lipinski definition) is 4. The second-order valence-corrected chi connectivity index (χ2v) is 4.07. The van der Waals surface area contributed by atoms with Gasteiger partial charge >= 0.3 is 0 Å². The van der Waals surface area contributed by atoms with Crippen molar-refractivity contribution in [1.29, 1.82) is 0 Å². The molecule has 2 aromatic heterocycles. The zero-order chi connectivity index (χ0) is 13.4. The minimum Gasteiger partial charge on any atom is -0.338 e. The number of fused-ring (bicyclic) bond motifs is 1. The van der Waals surface area contributed by atoms with Crippen LogP contribution in [0, 0.1) is 11.6 Å². The molecule has 0 aliphatic rings. The van der Waals surface area contributed by atoms with Crippen LogP contribution in [0.2, 0.25) is 5.15 Å². The number of rotatable bonds is 2. The van der Waals surface area contributed by atoms with E-state index in [0.29, 0.717) is 5.82 Å². The third kappa shape index (κ3) is 2.19. The number of aromatic nitrogens is 4. The van der Waals surface area contributed by atoms with Gasteiger partial charge in [-0.05, 0) is 12.1 Å². The van der Waals surface area contributed by atoms with Crippen molar-refractivity contribution in [2.24, 2.45) is 0 Å². The molecule has 3 aromatic rings. The summed E-state index contributed by atoms with van der Waals surface area (Å²) in [5.41, 5.74) is 0.0977. The molecule has 2 heterocycles. The predicted octanol–water partition coefficient (Wildman–Crippen LogP) is 2.80. The highest BCUT2D eigenvalue weighted by atomic mass is 35.5. The highest BCUT2D eigenvalue weighted by Gasteiger charge is 2.09. The fourth-order valence-electron chi connectivity index (χ4n) is 1.60. The van der Waals surface area contributed by atoms with Crippen molar-refractivity contribution in [2.75, 3.05) is 5.32 Å². The van der Waals surface area contributed by atoms with Gasteiger partial charge in [0.2, 0.25) is 0 Å². The lowest BCUT2D eigenvalue weighted by Gasteiger charge is -2.08. The molecule has 0 saturated carbocycles. The Hall–Kier alpha value is -2.28. The SMILES string of the molecule is Fc1ccc(Nc2cc(Cl)nc3ncnn23)c(F)c1. The first-order valence-electron chi connectivity index (χ1n) is 5.22. The highest BCUT2D eigenvalue weighted by molar-refractivity contribution is 6.29. The van der Waals surface area contributed by atoms with Gasteiger partial charge in [0, 0.05) is 12.1 Å². The smallest absolute Gasteiger partial charge is 0.255 e. The van der Waals surface area contributed by atoms with Crippen molar-refractivity contribution in [2.45, 2.75) is 0 Å². The Morgan fingerprint density at radius 2 is 2.05 bits per heavy atom. The largest absolute Gasteiger partial charge is 0.338 e. The van der Waals surface area contributed by atoms with Gasteiger partial charge in [-0.25, -0.2) is 8.78 Å². The minimum absolute atomic E-state index is 0.0977. The van der Waals surface area contributed by atoms with Gasteiger partial charge in [-0.2, -0.15) is 19.6 Å². The number of anilines is 2. The molecule has 1 aromatic carbocycles. The fourth-order valence-corrected chi connectivity index (χ4v) is 1.78. The van der Waals surface area contributed by atoms with Gasteiger partial charge in [-0.3, -0.25) is 0 Å². The van der Waals surface area contributed by atoms with Gasteiger partial charge in [0.15, 0.2) is 0 Å². The van der Waals surface area contributed by atoms with Crippen LogP contribution in [-0.2, 0) is 0 Å². The molecule has 96 valence electrons. The first kappa shape index (κ1) is 11.8. The second-order valence-electron chi connectivity index (χ2n) is 3.69. The average molecular weight is 282 g/mol. The summed E-state index contributed by atoms with van der Waals surface area (Å²) in [5, 5.41) is 6.88. The fraction of sp³-hybridized carbons (Fsp3) is 0. The van der Waals surface area contributed by atoms with E-state index in [1.54, 1.807) is 0 Å². The number of nitrogens with zero attached hydrogens (tertiary/aromatic N) is 4. The molecule has 5 nitrogen and oxygen atoms in total. The molecule has 0 saturated heterocycles. The van der Waals surface area contributed by atoms with Gasteiger partial charge in [0.25, 0.3) is 5.78 Å². The summed E-state index contributed by atoms with van der Waals surface area (Å²) in [5.74, 6) is -0.724. The van der Waals surface area contributed by atoms with E-state index in [-0.39, 0.29) is 16.6 Å². The van der Waals surface area contributed by atoms with Gasteiger partial charge in [0.05, 0.1) is 5.69 Å². The summed E-state index contributed by atoms with van der Waals surface area (Å²) < 4.78 is 27.7. The van der Waals surface area contributed by atoms with Crippen LogP contribution in [-0.4, -0.2) is 19.6 Å². The molecule has 0 fully saturated rings. The van der Waals surface area contributed by atoms with Gasteiger partial charge in [-0.1, -0.05) is 11.6 Å².